The summed E-state index contributed by atoms with van der Waals surface area (Å²) < 4.78 is 2.03. The first-order chi connectivity index (χ1) is 11.4. The third kappa shape index (κ3) is 3.62. The van der Waals surface area contributed by atoms with Gasteiger partial charge in [-0.05, 0) is 36.8 Å². The number of aromatic nitrogens is 2. The fraction of sp³-hybridized carbons (Fsp3) is 0.353. The lowest BCUT2D eigenvalue weighted by Gasteiger charge is -2.12. The number of aryl methyl sites for hydroxylation is 1. The normalized spacial score (nSPS) is 11.8. The first-order valence-electron chi connectivity index (χ1n) is 7.64. The van der Waals surface area contributed by atoms with Gasteiger partial charge in [0.2, 0.25) is 5.88 Å². The predicted octanol–water partition coefficient (Wildman–Crippen LogP) is 2.32. The minimum absolute atomic E-state index is 0.0551. The molecule has 0 aliphatic carbocycles. The van der Waals surface area contributed by atoms with E-state index < -0.39 is 11.2 Å². The van der Waals surface area contributed by atoms with Gasteiger partial charge in [0.25, 0.3) is 5.56 Å². The van der Waals surface area contributed by atoms with E-state index in [1.807, 2.05) is 38.1 Å². The Morgan fingerprint density at radius 1 is 1.25 bits per heavy atom. The molecule has 1 heterocycles. The molecule has 0 radical (unpaired) electrons. The third-order valence-corrected chi connectivity index (χ3v) is 4.70. The fourth-order valence-corrected chi connectivity index (χ4v) is 3.08. The maximum atomic E-state index is 12.5. The van der Waals surface area contributed by atoms with E-state index in [2.05, 4.69) is 4.99 Å². The molecule has 1 aromatic heterocycles. The minimum Gasteiger partial charge on any atom is -0.494 e. The number of hydrogen-bond donors (Lipinski definition) is 1. The summed E-state index contributed by atoms with van der Waals surface area (Å²) in [6, 6.07) is 7.58. The Hall–Kier alpha value is -2.28. The summed E-state index contributed by atoms with van der Waals surface area (Å²) in [5.41, 5.74) is 0.680. The van der Waals surface area contributed by atoms with Crippen molar-refractivity contribution in [2.45, 2.75) is 20.3 Å². The number of aromatic hydroxyl groups is 1. The monoisotopic (exact) mass is 347 g/mol. The van der Waals surface area contributed by atoms with Crippen LogP contribution in [0.25, 0.3) is 0 Å². The molecular formula is C17H21N3O3S. The molecule has 2 rings (SSSR count). The molecule has 24 heavy (non-hydrogen) atoms. The summed E-state index contributed by atoms with van der Waals surface area (Å²) in [5.74, 6) is 0.383. The summed E-state index contributed by atoms with van der Waals surface area (Å²) in [7, 11) is 2.82. The summed E-state index contributed by atoms with van der Waals surface area (Å²) >= 11 is 1.39. The van der Waals surface area contributed by atoms with Crippen LogP contribution in [-0.2, 0) is 14.1 Å². The first-order valence-corrected chi connectivity index (χ1v) is 8.62. The van der Waals surface area contributed by atoms with Gasteiger partial charge < -0.3 is 5.11 Å². The molecule has 0 bridgehead atoms. The van der Waals surface area contributed by atoms with E-state index >= 15 is 0 Å². The van der Waals surface area contributed by atoms with Gasteiger partial charge >= 0.3 is 5.69 Å². The minimum atomic E-state index is -0.573. The van der Waals surface area contributed by atoms with Crippen molar-refractivity contribution in [1.29, 1.82) is 0 Å². The van der Waals surface area contributed by atoms with Gasteiger partial charge in [0, 0.05) is 14.1 Å². The molecule has 0 amide bonds. The van der Waals surface area contributed by atoms with Crippen molar-refractivity contribution >= 4 is 22.5 Å². The topological polar surface area (TPSA) is 76.6 Å². The van der Waals surface area contributed by atoms with Crippen LogP contribution in [0.2, 0.25) is 0 Å². The molecule has 6 nitrogen and oxygen atoms in total. The van der Waals surface area contributed by atoms with Gasteiger partial charge in [-0.15, -0.1) is 11.8 Å². The molecule has 1 N–H and O–H groups in total. The second-order valence-corrected chi connectivity index (χ2v) is 6.59. The molecule has 0 aliphatic rings. The van der Waals surface area contributed by atoms with Crippen LogP contribution in [0.5, 0.6) is 5.88 Å². The van der Waals surface area contributed by atoms with Crippen LogP contribution in [0.1, 0.15) is 24.5 Å². The second-order valence-electron chi connectivity index (χ2n) is 5.51. The Kier molecular flexibility index (Phi) is 5.66. The van der Waals surface area contributed by atoms with E-state index in [0.29, 0.717) is 10.7 Å². The zero-order chi connectivity index (χ0) is 17.9. The van der Waals surface area contributed by atoms with E-state index in [-0.39, 0.29) is 11.4 Å². The second kappa shape index (κ2) is 7.53. The zero-order valence-electron chi connectivity index (χ0n) is 14.2. The van der Waals surface area contributed by atoms with Crippen LogP contribution in [0.15, 0.2) is 38.8 Å². The Labute approximate surface area is 144 Å². The van der Waals surface area contributed by atoms with Crippen molar-refractivity contribution in [2.75, 3.05) is 5.75 Å². The van der Waals surface area contributed by atoms with Crippen LogP contribution < -0.4 is 11.2 Å². The average Bonchev–Trinajstić information content (AvgIpc) is 2.56. The number of thioether (sulfide) groups is 1. The Bertz CT molecular complexity index is 897. The van der Waals surface area contributed by atoms with E-state index in [0.717, 1.165) is 26.9 Å². The first kappa shape index (κ1) is 18.1. The number of benzene rings is 1. The molecule has 0 aliphatic heterocycles. The maximum absolute atomic E-state index is 12.5. The largest absolute Gasteiger partial charge is 0.494 e. The van der Waals surface area contributed by atoms with Gasteiger partial charge in [0.1, 0.15) is 10.6 Å². The summed E-state index contributed by atoms with van der Waals surface area (Å²) in [5, 5.41) is 10.8. The molecule has 0 unspecified atom stereocenters. The summed E-state index contributed by atoms with van der Waals surface area (Å²) in [6.07, 6.45) is 0.893. The van der Waals surface area contributed by atoms with Crippen LogP contribution in [-0.4, -0.2) is 25.0 Å². The van der Waals surface area contributed by atoms with Crippen LogP contribution in [0.4, 0.5) is 5.69 Å². The van der Waals surface area contributed by atoms with Crippen molar-refractivity contribution in [1.82, 2.24) is 9.13 Å². The SMILES string of the molecule is CCCSC(=Nc1cccc(C)c1)c1c(O)n(C)c(=O)n(C)c1=O. The number of nitrogens with zero attached hydrogens (tertiary/aromatic N) is 3. The van der Waals surface area contributed by atoms with Gasteiger partial charge in [-0.2, -0.15) is 0 Å². The molecule has 1 aromatic carbocycles. The van der Waals surface area contributed by atoms with Crippen LogP contribution >= 0.6 is 11.8 Å². The highest BCUT2D eigenvalue weighted by atomic mass is 32.2. The highest BCUT2D eigenvalue weighted by Crippen LogP contribution is 2.23. The summed E-state index contributed by atoms with van der Waals surface area (Å²) in [6.45, 7) is 3.98. The Morgan fingerprint density at radius 2 is 1.96 bits per heavy atom. The number of aliphatic imine (C=N–C) groups is 1. The van der Waals surface area contributed by atoms with E-state index in [1.54, 1.807) is 0 Å². The van der Waals surface area contributed by atoms with Gasteiger partial charge in [-0.25, -0.2) is 9.79 Å². The van der Waals surface area contributed by atoms with Gasteiger partial charge in [0.05, 0.1) is 5.69 Å². The molecule has 0 saturated heterocycles. The van der Waals surface area contributed by atoms with E-state index in [1.165, 1.54) is 25.9 Å². The van der Waals surface area contributed by atoms with Gasteiger partial charge in [0.15, 0.2) is 0 Å². The lowest BCUT2D eigenvalue weighted by atomic mass is 10.2. The van der Waals surface area contributed by atoms with Crippen LogP contribution in [0, 0.1) is 6.92 Å². The third-order valence-electron chi connectivity index (χ3n) is 3.52. The van der Waals surface area contributed by atoms with Gasteiger partial charge in [-0.3, -0.25) is 13.9 Å². The van der Waals surface area contributed by atoms with Crippen molar-refractivity contribution in [3.05, 3.63) is 56.2 Å². The molecule has 7 heteroatoms. The lowest BCUT2D eigenvalue weighted by molar-refractivity contribution is 0.410. The molecular weight excluding hydrogens is 326 g/mol. The zero-order valence-corrected chi connectivity index (χ0v) is 15.1. The smallest absolute Gasteiger partial charge is 0.333 e. The quantitative estimate of drug-likeness (QED) is 0.680. The van der Waals surface area contributed by atoms with Crippen molar-refractivity contribution in [3.63, 3.8) is 0 Å². The summed E-state index contributed by atoms with van der Waals surface area (Å²) in [4.78, 5) is 29.0. The van der Waals surface area contributed by atoms with Crippen molar-refractivity contribution < 1.29 is 5.11 Å². The van der Waals surface area contributed by atoms with E-state index in [9.17, 15) is 14.7 Å². The predicted molar refractivity (Wildman–Crippen MR) is 98.7 cm³/mol. The molecule has 2 aromatic rings. The molecule has 0 fully saturated rings. The van der Waals surface area contributed by atoms with Gasteiger partial charge in [-0.1, -0.05) is 19.1 Å². The molecule has 0 saturated carbocycles. The fourth-order valence-electron chi connectivity index (χ4n) is 2.19. The Balaban J connectivity index is 2.70. The van der Waals surface area contributed by atoms with Crippen molar-refractivity contribution in [2.24, 2.45) is 19.1 Å². The van der Waals surface area contributed by atoms with E-state index in [4.69, 9.17) is 0 Å². The van der Waals surface area contributed by atoms with Crippen LogP contribution in [0.3, 0.4) is 0 Å². The Morgan fingerprint density at radius 3 is 2.58 bits per heavy atom. The average molecular weight is 347 g/mol. The maximum Gasteiger partial charge on any atom is 0.333 e. The molecule has 0 spiro atoms. The standard InChI is InChI=1S/C17H21N3O3S/c1-5-9-24-14(18-12-8-6-7-11(2)10-12)13-15(21)19(3)17(23)20(4)16(13)22/h6-8,10,21H,5,9H2,1-4H3. The lowest BCUT2D eigenvalue weighted by Crippen LogP contribution is -2.39. The molecule has 128 valence electrons. The highest BCUT2D eigenvalue weighted by molar-refractivity contribution is 8.14. The van der Waals surface area contributed by atoms with Crippen molar-refractivity contribution in [3.8, 4) is 5.88 Å². The highest BCUT2D eigenvalue weighted by Gasteiger charge is 2.20. The number of hydrogen-bond acceptors (Lipinski definition) is 5. The molecule has 0 atom stereocenters. The number of rotatable bonds is 4.